The summed E-state index contributed by atoms with van der Waals surface area (Å²) >= 11 is 2.83. The summed E-state index contributed by atoms with van der Waals surface area (Å²) in [6, 6.07) is 9.95. The van der Waals surface area contributed by atoms with Crippen LogP contribution >= 0.6 is 23.1 Å². The zero-order chi connectivity index (χ0) is 14.4. The number of hydrogen-bond donors (Lipinski definition) is 2. The van der Waals surface area contributed by atoms with Gasteiger partial charge in [-0.05, 0) is 26.0 Å². The molecule has 1 heterocycles. The van der Waals surface area contributed by atoms with E-state index >= 15 is 0 Å². The SMILES string of the molecule is CC(C)NC(=O)CSc1nnc(Nc2ccccc2)s1. The van der Waals surface area contributed by atoms with E-state index in [1.165, 1.54) is 23.1 Å². The average Bonchev–Trinajstić information content (AvgIpc) is 2.84. The van der Waals surface area contributed by atoms with E-state index in [2.05, 4.69) is 20.8 Å². The van der Waals surface area contributed by atoms with E-state index in [-0.39, 0.29) is 11.9 Å². The molecule has 1 aromatic carbocycles. The molecule has 5 nitrogen and oxygen atoms in total. The van der Waals surface area contributed by atoms with Gasteiger partial charge in [0.25, 0.3) is 0 Å². The van der Waals surface area contributed by atoms with Crippen LogP contribution in [0.3, 0.4) is 0 Å². The molecule has 20 heavy (non-hydrogen) atoms. The third kappa shape index (κ3) is 4.82. The van der Waals surface area contributed by atoms with Crippen LogP contribution < -0.4 is 10.6 Å². The van der Waals surface area contributed by atoms with Gasteiger partial charge in [0.05, 0.1) is 5.75 Å². The number of carbonyl (C=O) groups is 1. The first-order valence-electron chi connectivity index (χ1n) is 6.21. The molecule has 7 heteroatoms. The molecule has 0 aliphatic heterocycles. The Morgan fingerprint density at radius 3 is 2.75 bits per heavy atom. The minimum atomic E-state index is 0.0118. The maximum absolute atomic E-state index is 11.5. The van der Waals surface area contributed by atoms with Gasteiger partial charge in [-0.25, -0.2) is 0 Å². The van der Waals surface area contributed by atoms with Crippen LogP contribution in [0.1, 0.15) is 13.8 Å². The molecular formula is C13H16N4OS2. The minimum Gasteiger partial charge on any atom is -0.353 e. The zero-order valence-corrected chi connectivity index (χ0v) is 12.9. The Kier molecular flexibility index (Phi) is 5.37. The number of benzene rings is 1. The Hall–Kier alpha value is -1.60. The lowest BCUT2D eigenvalue weighted by atomic mass is 10.3. The maximum atomic E-state index is 11.5. The van der Waals surface area contributed by atoms with E-state index in [1.807, 2.05) is 44.2 Å². The normalized spacial score (nSPS) is 10.6. The summed E-state index contributed by atoms with van der Waals surface area (Å²) in [7, 11) is 0. The van der Waals surface area contributed by atoms with Crippen molar-refractivity contribution in [3.05, 3.63) is 30.3 Å². The minimum absolute atomic E-state index is 0.0118. The second-order valence-corrected chi connectivity index (χ2v) is 6.58. The molecule has 0 radical (unpaired) electrons. The number of rotatable bonds is 6. The molecule has 1 amide bonds. The van der Waals surface area contributed by atoms with E-state index < -0.39 is 0 Å². The van der Waals surface area contributed by atoms with Crippen LogP contribution in [0.5, 0.6) is 0 Å². The molecule has 0 bridgehead atoms. The number of amides is 1. The van der Waals surface area contributed by atoms with Crippen molar-refractivity contribution in [2.24, 2.45) is 0 Å². The van der Waals surface area contributed by atoms with Crippen LogP contribution in [0.4, 0.5) is 10.8 Å². The third-order valence-electron chi connectivity index (χ3n) is 2.21. The smallest absolute Gasteiger partial charge is 0.230 e. The van der Waals surface area contributed by atoms with Crippen LogP contribution in [-0.4, -0.2) is 27.9 Å². The summed E-state index contributed by atoms with van der Waals surface area (Å²) < 4.78 is 0.780. The molecule has 0 fully saturated rings. The molecule has 106 valence electrons. The number of thioether (sulfide) groups is 1. The summed E-state index contributed by atoms with van der Waals surface area (Å²) in [5.41, 5.74) is 0.970. The first-order valence-corrected chi connectivity index (χ1v) is 8.01. The highest BCUT2D eigenvalue weighted by Gasteiger charge is 2.08. The Labute approximate surface area is 126 Å². The van der Waals surface area contributed by atoms with E-state index in [1.54, 1.807) is 0 Å². The fourth-order valence-corrected chi connectivity index (χ4v) is 3.04. The number of aromatic nitrogens is 2. The molecule has 0 aliphatic carbocycles. The molecule has 1 aromatic heterocycles. The van der Waals surface area contributed by atoms with E-state index in [0.717, 1.165) is 15.2 Å². The quantitative estimate of drug-likeness (QED) is 0.803. The van der Waals surface area contributed by atoms with Gasteiger partial charge in [0.1, 0.15) is 0 Å². The van der Waals surface area contributed by atoms with Gasteiger partial charge in [0.15, 0.2) is 4.34 Å². The van der Waals surface area contributed by atoms with Crippen LogP contribution in [0.25, 0.3) is 0 Å². The van der Waals surface area contributed by atoms with Gasteiger partial charge in [-0.1, -0.05) is 41.3 Å². The number of carbonyl (C=O) groups excluding carboxylic acids is 1. The standard InChI is InChI=1S/C13H16N4OS2/c1-9(2)14-11(18)8-19-13-17-16-12(20-13)15-10-6-4-3-5-7-10/h3-7,9H,8H2,1-2H3,(H,14,18)(H,15,16). The lowest BCUT2D eigenvalue weighted by Crippen LogP contribution is -2.31. The van der Waals surface area contributed by atoms with Gasteiger partial charge in [0.2, 0.25) is 11.0 Å². The summed E-state index contributed by atoms with van der Waals surface area (Å²) in [4.78, 5) is 11.5. The largest absolute Gasteiger partial charge is 0.353 e. The summed E-state index contributed by atoms with van der Waals surface area (Å²) in [5.74, 6) is 0.371. The Morgan fingerprint density at radius 2 is 2.05 bits per heavy atom. The maximum Gasteiger partial charge on any atom is 0.230 e. The van der Waals surface area contributed by atoms with Gasteiger partial charge in [-0.15, -0.1) is 10.2 Å². The van der Waals surface area contributed by atoms with Crippen LogP contribution in [0.15, 0.2) is 34.7 Å². The molecule has 2 aromatic rings. The molecule has 0 atom stereocenters. The highest BCUT2D eigenvalue weighted by Crippen LogP contribution is 2.27. The molecule has 0 spiro atoms. The Balaban J connectivity index is 1.85. The molecule has 0 saturated carbocycles. The van der Waals surface area contributed by atoms with Crippen molar-refractivity contribution in [3.8, 4) is 0 Å². The Bertz CT molecular complexity index is 557. The average molecular weight is 308 g/mol. The number of hydrogen-bond acceptors (Lipinski definition) is 6. The van der Waals surface area contributed by atoms with Crippen molar-refractivity contribution in [2.75, 3.05) is 11.1 Å². The number of nitrogens with zero attached hydrogens (tertiary/aromatic N) is 2. The number of nitrogens with one attached hydrogen (secondary N) is 2. The van der Waals surface area contributed by atoms with Crippen molar-refractivity contribution in [1.82, 2.24) is 15.5 Å². The van der Waals surface area contributed by atoms with Crippen molar-refractivity contribution >= 4 is 39.8 Å². The number of para-hydroxylation sites is 1. The third-order valence-corrected chi connectivity index (χ3v) is 4.18. The molecule has 0 aliphatic rings. The van der Waals surface area contributed by atoms with Gasteiger partial charge in [-0.3, -0.25) is 4.79 Å². The highest BCUT2D eigenvalue weighted by molar-refractivity contribution is 8.01. The molecular weight excluding hydrogens is 292 g/mol. The van der Waals surface area contributed by atoms with E-state index in [4.69, 9.17) is 0 Å². The first kappa shape index (κ1) is 14.8. The van der Waals surface area contributed by atoms with Crippen molar-refractivity contribution in [2.45, 2.75) is 24.2 Å². The van der Waals surface area contributed by atoms with Crippen molar-refractivity contribution < 1.29 is 4.79 Å². The van der Waals surface area contributed by atoms with Crippen molar-refractivity contribution in [1.29, 1.82) is 0 Å². The topological polar surface area (TPSA) is 66.9 Å². The van der Waals surface area contributed by atoms with Crippen LogP contribution in [0.2, 0.25) is 0 Å². The van der Waals surface area contributed by atoms with Crippen molar-refractivity contribution in [3.63, 3.8) is 0 Å². The molecule has 2 N–H and O–H groups in total. The van der Waals surface area contributed by atoms with E-state index in [0.29, 0.717) is 5.75 Å². The highest BCUT2D eigenvalue weighted by atomic mass is 32.2. The summed E-state index contributed by atoms with van der Waals surface area (Å²) in [5, 5.41) is 14.8. The predicted octanol–water partition coefficient (Wildman–Crippen LogP) is 2.90. The second kappa shape index (κ2) is 7.25. The lowest BCUT2D eigenvalue weighted by Gasteiger charge is -2.06. The lowest BCUT2D eigenvalue weighted by molar-refractivity contribution is -0.119. The molecule has 0 unspecified atom stereocenters. The monoisotopic (exact) mass is 308 g/mol. The number of anilines is 2. The summed E-state index contributed by atoms with van der Waals surface area (Å²) in [6.45, 7) is 3.88. The van der Waals surface area contributed by atoms with Gasteiger partial charge >= 0.3 is 0 Å². The molecule has 0 saturated heterocycles. The predicted molar refractivity (Wildman–Crippen MR) is 83.6 cm³/mol. The Morgan fingerprint density at radius 1 is 1.30 bits per heavy atom. The van der Waals surface area contributed by atoms with Gasteiger partial charge in [-0.2, -0.15) is 0 Å². The first-order chi connectivity index (χ1) is 9.63. The summed E-state index contributed by atoms with van der Waals surface area (Å²) in [6.07, 6.45) is 0. The molecule has 2 rings (SSSR count). The van der Waals surface area contributed by atoms with Crippen LogP contribution in [-0.2, 0) is 4.79 Å². The van der Waals surface area contributed by atoms with Crippen LogP contribution in [0, 0.1) is 0 Å². The van der Waals surface area contributed by atoms with Gasteiger partial charge in [0, 0.05) is 11.7 Å². The second-order valence-electron chi connectivity index (χ2n) is 4.38. The van der Waals surface area contributed by atoms with Gasteiger partial charge < -0.3 is 10.6 Å². The fourth-order valence-electron chi connectivity index (χ4n) is 1.45. The zero-order valence-electron chi connectivity index (χ0n) is 11.3. The fraction of sp³-hybridized carbons (Fsp3) is 0.308. The van der Waals surface area contributed by atoms with E-state index in [9.17, 15) is 4.79 Å².